The Morgan fingerprint density at radius 2 is 1.90 bits per heavy atom. The third-order valence-electron chi connectivity index (χ3n) is 2.95. The lowest BCUT2D eigenvalue weighted by Crippen LogP contribution is -2.16. The average molecular weight is 277 g/mol. The van der Waals surface area contributed by atoms with E-state index in [-0.39, 0.29) is 11.8 Å². The summed E-state index contributed by atoms with van der Waals surface area (Å²) in [7, 11) is 1.86. The minimum absolute atomic E-state index is 0.0117. The monoisotopic (exact) mass is 277 g/mol. The number of rotatable bonds is 7. The van der Waals surface area contributed by atoms with Crippen LogP contribution in [-0.2, 0) is 9.59 Å². The Kier molecular flexibility index (Phi) is 6.73. The second-order valence-electron chi connectivity index (χ2n) is 4.69. The Bertz CT molecular complexity index is 472. The molecule has 0 aliphatic heterocycles. The van der Waals surface area contributed by atoms with Gasteiger partial charge in [-0.1, -0.05) is 13.0 Å². The van der Waals surface area contributed by atoms with Crippen LogP contribution in [0.5, 0.6) is 0 Å². The zero-order valence-corrected chi connectivity index (χ0v) is 12.4. The number of hydrogen-bond acceptors (Lipinski definition) is 3. The molecular weight excluding hydrogens is 254 g/mol. The summed E-state index contributed by atoms with van der Waals surface area (Å²) >= 11 is 0. The smallest absolute Gasteiger partial charge is 0.224 e. The molecule has 0 bridgehead atoms. The van der Waals surface area contributed by atoms with E-state index in [0.29, 0.717) is 18.5 Å². The van der Waals surface area contributed by atoms with Crippen molar-refractivity contribution in [3.8, 4) is 0 Å². The highest BCUT2D eigenvalue weighted by Crippen LogP contribution is 2.20. The zero-order valence-electron chi connectivity index (χ0n) is 12.4. The molecule has 0 heterocycles. The van der Waals surface area contributed by atoms with Crippen LogP contribution < -0.4 is 16.0 Å². The number of aryl methyl sites for hydroxylation is 1. The average Bonchev–Trinajstić information content (AvgIpc) is 2.42. The maximum absolute atomic E-state index is 11.8. The number of benzene rings is 1. The standard InChI is InChI=1S/C15H23N3O2/c1-4-14(19)17-12-8-7-11(2)13(10-12)18-15(20)6-5-9-16-3/h7-8,10,16H,4-6,9H2,1-3H3,(H,17,19)(H,18,20). The minimum atomic E-state index is -0.0415. The summed E-state index contributed by atoms with van der Waals surface area (Å²) < 4.78 is 0. The summed E-state index contributed by atoms with van der Waals surface area (Å²) in [4.78, 5) is 23.2. The molecular formula is C15H23N3O2. The molecule has 0 aliphatic carbocycles. The molecule has 20 heavy (non-hydrogen) atoms. The Morgan fingerprint density at radius 1 is 1.15 bits per heavy atom. The van der Waals surface area contributed by atoms with Gasteiger partial charge in [0.1, 0.15) is 0 Å². The molecule has 0 fully saturated rings. The Morgan fingerprint density at radius 3 is 2.55 bits per heavy atom. The van der Waals surface area contributed by atoms with Gasteiger partial charge in [0.25, 0.3) is 0 Å². The molecule has 0 saturated heterocycles. The predicted molar refractivity (Wildman–Crippen MR) is 81.9 cm³/mol. The molecule has 110 valence electrons. The molecule has 0 spiro atoms. The van der Waals surface area contributed by atoms with Gasteiger partial charge in [0.15, 0.2) is 0 Å². The number of amides is 2. The number of hydrogen-bond donors (Lipinski definition) is 3. The molecule has 0 aliphatic rings. The van der Waals surface area contributed by atoms with Crippen molar-refractivity contribution in [1.82, 2.24) is 5.32 Å². The molecule has 0 unspecified atom stereocenters. The topological polar surface area (TPSA) is 70.2 Å². The minimum Gasteiger partial charge on any atom is -0.326 e. The van der Waals surface area contributed by atoms with Gasteiger partial charge in [0.05, 0.1) is 0 Å². The summed E-state index contributed by atoms with van der Waals surface area (Å²) in [6, 6.07) is 5.51. The van der Waals surface area contributed by atoms with Crippen molar-refractivity contribution >= 4 is 23.2 Å². The summed E-state index contributed by atoms with van der Waals surface area (Å²) in [5, 5.41) is 8.68. The second-order valence-corrected chi connectivity index (χ2v) is 4.69. The van der Waals surface area contributed by atoms with E-state index in [9.17, 15) is 9.59 Å². The van der Waals surface area contributed by atoms with Gasteiger partial charge in [-0.3, -0.25) is 9.59 Å². The molecule has 2 amide bonds. The first-order valence-electron chi connectivity index (χ1n) is 6.91. The third kappa shape index (κ3) is 5.40. The number of carbonyl (C=O) groups is 2. The van der Waals surface area contributed by atoms with Crippen LogP contribution in [-0.4, -0.2) is 25.4 Å². The van der Waals surface area contributed by atoms with Crippen LogP contribution in [0.2, 0.25) is 0 Å². The zero-order chi connectivity index (χ0) is 15.0. The summed E-state index contributed by atoms with van der Waals surface area (Å²) in [6.45, 7) is 4.54. The van der Waals surface area contributed by atoms with Crippen LogP contribution in [0.1, 0.15) is 31.7 Å². The van der Waals surface area contributed by atoms with E-state index in [1.807, 2.05) is 26.1 Å². The van der Waals surface area contributed by atoms with Crippen LogP contribution in [0, 0.1) is 6.92 Å². The van der Waals surface area contributed by atoms with Gasteiger partial charge in [-0.2, -0.15) is 0 Å². The summed E-state index contributed by atoms with van der Waals surface area (Å²) in [5.74, 6) is -0.0533. The molecule has 5 nitrogen and oxygen atoms in total. The molecule has 5 heteroatoms. The normalized spacial score (nSPS) is 10.2. The lowest BCUT2D eigenvalue weighted by Gasteiger charge is -2.11. The van der Waals surface area contributed by atoms with Crippen molar-refractivity contribution in [2.75, 3.05) is 24.2 Å². The quantitative estimate of drug-likeness (QED) is 0.670. The van der Waals surface area contributed by atoms with Gasteiger partial charge in [-0.15, -0.1) is 0 Å². The first-order chi connectivity index (χ1) is 9.56. The second kappa shape index (κ2) is 8.32. The SMILES string of the molecule is CCC(=O)Nc1ccc(C)c(NC(=O)CCCNC)c1. The maximum Gasteiger partial charge on any atom is 0.224 e. The lowest BCUT2D eigenvalue weighted by molar-refractivity contribution is -0.116. The lowest BCUT2D eigenvalue weighted by atomic mass is 10.1. The molecule has 1 rings (SSSR count). The largest absolute Gasteiger partial charge is 0.326 e. The van der Waals surface area contributed by atoms with Gasteiger partial charge in [0.2, 0.25) is 11.8 Å². The fourth-order valence-electron chi connectivity index (χ4n) is 1.72. The van der Waals surface area contributed by atoms with Crippen LogP contribution in [0.4, 0.5) is 11.4 Å². The van der Waals surface area contributed by atoms with E-state index in [4.69, 9.17) is 0 Å². The van der Waals surface area contributed by atoms with Crippen LogP contribution in [0.25, 0.3) is 0 Å². The number of nitrogens with one attached hydrogen (secondary N) is 3. The number of anilines is 2. The van der Waals surface area contributed by atoms with Crippen LogP contribution >= 0.6 is 0 Å². The summed E-state index contributed by atoms with van der Waals surface area (Å²) in [5.41, 5.74) is 2.42. The van der Waals surface area contributed by atoms with Crippen LogP contribution in [0.3, 0.4) is 0 Å². The Labute approximate surface area is 120 Å². The molecule has 1 aromatic rings. The highest BCUT2D eigenvalue weighted by molar-refractivity contribution is 5.94. The van der Waals surface area contributed by atoms with E-state index < -0.39 is 0 Å². The molecule has 0 radical (unpaired) electrons. The van der Waals surface area contributed by atoms with E-state index in [1.165, 1.54) is 0 Å². The summed E-state index contributed by atoms with van der Waals surface area (Å²) in [6.07, 6.45) is 1.71. The highest BCUT2D eigenvalue weighted by Gasteiger charge is 2.07. The van der Waals surface area contributed by atoms with Gasteiger partial charge in [-0.05, 0) is 44.6 Å². The van der Waals surface area contributed by atoms with Crippen LogP contribution in [0.15, 0.2) is 18.2 Å². The van der Waals surface area contributed by atoms with Crippen molar-refractivity contribution in [3.63, 3.8) is 0 Å². The molecule has 0 aromatic heterocycles. The molecule has 0 saturated carbocycles. The van der Waals surface area contributed by atoms with Gasteiger partial charge >= 0.3 is 0 Å². The van der Waals surface area contributed by atoms with Gasteiger partial charge < -0.3 is 16.0 Å². The van der Waals surface area contributed by atoms with Gasteiger partial charge in [-0.25, -0.2) is 0 Å². The van der Waals surface area contributed by atoms with E-state index >= 15 is 0 Å². The Hall–Kier alpha value is -1.88. The first kappa shape index (κ1) is 16.2. The Balaban J connectivity index is 2.66. The first-order valence-corrected chi connectivity index (χ1v) is 6.91. The fraction of sp³-hybridized carbons (Fsp3) is 0.467. The molecule has 1 aromatic carbocycles. The van der Waals surface area contributed by atoms with Crippen molar-refractivity contribution in [2.45, 2.75) is 33.1 Å². The highest BCUT2D eigenvalue weighted by atomic mass is 16.2. The van der Waals surface area contributed by atoms with Crippen molar-refractivity contribution in [3.05, 3.63) is 23.8 Å². The predicted octanol–water partition coefficient (Wildman–Crippen LogP) is 2.28. The van der Waals surface area contributed by atoms with E-state index in [2.05, 4.69) is 16.0 Å². The van der Waals surface area contributed by atoms with Crippen molar-refractivity contribution in [2.24, 2.45) is 0 Å². The molecule has 0 atom stereocenters. The van der Waals surface area contributed by atoms with Gasteiger partial charge in [0, 0.05) is 24.2 Å². The van der Waals surface area contributed by atoms with Crippen molar-refractivity contribution < 1.29 is 9.59 Å². The van der Waals surface area contributed by atoms with E-state index in [0.717, 1.165) is 24.2 Å². The fourth-order valence-corrected chi connectivity index (χ4v) is 1.72. The molecule has 3 N–H and O–H groups in total. The third-order valence-corrected chi connectivity index (χ3v) is 2.95. The van der Waals surface area contributed by atoms with E-state index in [1.54, 1.807) is 13.0 Å². The number of carbonyl (C=O) groups excluding carboxylic acids is 2. The maximum atomic E-state index is 11.8. The van der Waals surface area contributed by atoms with Crippen molar-refractivity contribution in [1.29, 1.82) is 0 Å².